The minimum Gasteiger partial charge on any atom is -0.507 e. The molecule has 286 valence electrons. The Labute approximate surface area is 322 Å². The van der Waals surface area contributed by atoms with Gasteiger partial charge in [0.25, 0.3) is 11.8 Å². The van der Waals surface area contributed by atoms with Crippen LogP contribution in [0, 0.1) is 43.8 Å². The third kappa shape index (κ3) is 9.44. The van der Waals surface area contributed by atoms with Crippen molar-refractivity contribution in [2.24, 2.45) is 5.92 Å². The fourth-order valence-corrected chi connectivity index (χ4v) is 7.11. The summed E-state index contributed by atoms with van der Waals surface area (Å²) >= 11 is 0. The van der Waals surface area contributed by atoms with Gasteiger partial charge in [0.1, 0.15) is 17.3 Å². The molecule has 0 aliphatic rings. The number of anilines is 3. The number of ketones is 1. The molecule has 0 saturated carbocycles. The number of rotatable bonds is 13. The van der Waals surface area contributed by atoms with Crippen molar-refractivity contribution in [3.63, 3.8) is 0 Å². The molecule has 0 bridgehead atoms. The van der Waals surface area contributed by atoms with Crippen molar-refractivity contribution in [1.82, 2.24) is 0 Å². The van der Waals surface area contributed by atoms with Crippen molar-refractivity contribution in [2.75, 3.05) is 16.0 Å². The summed E-state index contributed by atoms with van der Waals surface area (Å²) in [5.74, 6) is -4.42. The maximum Gasteiger partial charge on any atom is 0.259 e. The summed E-state index contributed by atoms with van der Waals surface area (Å²) in [6.07, 6.45) is -0.553. The highest BCUT2D eigenvalue weighted by Gasteiger charge is 2.24. The summed E-state index contributed by atoms with van der Waals surface area (Å²) in [5.41, 5.74) is 3.07. The number of aryl methyl sites for hydroxylation is 1. The van der Waals surface area contributed by atoms with E-state index < -0.39 is 45.1 Å². The average Bonchev–Trinajstić information content (AvgIpc) is 3.17. The van der Waals surface area contributed by atoms with Crippen molar-refractivity contribution in [2.45, 2.75) is 44.3 Å². The van der Waals surface area contributed by atoms with Crippen LogP contribution >= 0.6 is 0 Å². The monoisotopic (exact) mass is 776 g/mol. The van der Waals surface area contributed by atoms with E-state index in [1.807, 2.05) is 6.07 Å². The standard InChI is InChI=1S/C42H37FN4O8S/c1-24-4-18-35(25(2)38(24)49)47-42(53)34-17-19-36(26(3)39(34)50)46-40(51)29-9-13-32(14-10-29)45-41(52)30(20-21-44)22-37(48)28-7-5-27(6-8-28)23-56(54,55)33-15-11-31(43)12-16-33/h4-19,30,49-50H,20,22-23H2,1-3H3,(H,45,52)(H,46,51)(H,47,53). The van der Waals surface area contributed by atoms with E-state index in [1.165, 1.54) is 79.7 Å². The summed E-state index contributed by atoms with van der Waals surface area (Å²) in [6, 6.07) is 24.2. The lowest BCUT2D eigenvalue weighted by atomic mass is 9.94. The molecule has 0 fully saturated rings. The number of amides is 3. The van der Waals surface area contributed by atoms with Crippen LogP contribution in [0.5, 0.6) is 11.5 Å². The number of carbonyl (C=O) groups is 4. The first-order valence-corrected chi connectivity index (χ1v) is 18.9. The van der Waals surface area contributed by atoms with E-state index >= 15 is 0 Å². The molecular weight excluding hydrogens is 740 g/mol. The van der Waals surface area contributed by atoms with Gasteiger partial charge in [-0.15, -0.1) is 0 Å². The first-order chi connectivity index (χ1) is 26.6. The molecule has 1 unspecified atom stereocenters. The maximum absolute atomic E-state index is 13.2. The molecular formula is C42H37FN4O8S. The molecule has 0 aromatic heterocycles. The van der Waals surface area contributed by atoms with Crippen LogP contribution in [0.2, 0.25) is 0 Å². The molecule has 5 aromatic carbocycles. The van der Waals surface area contributed by atoms with Crippen LogP contribution in [0.25, 0.3) is 0 Å². The lowest BCUT2D eigenvalue weighted by Gasteiger charge is -2.15. The number of hydrogen-bond acceptors (Lipinski definition) is 9. The zero-order chi connectivity index (χ0) is 40.7. The van der Waals surface area contributed by atoms with Crippen molar-refractivity contribution < 1.29 is 42.2 Å². The fraction of sp³-hybridized carbons (Fsp3) is 0.167. The van der Waals surface area contributed by atoms with Gasteiger partial charge in [0.2, 0.25) is 5.91 Å². The van der Waals surface area contributed by atoms with Crippen LogP contribution in [0.1, 0.15) is 66.2 Å². The number of nitrogens with zero attached hydrogens (tertiary/aromatic N) is 1. The van der Waals surface area contributed by atoms with Crippen molar-refractivity contribution in [3.05, 3.63) is 142 Å². The van der Waals surface area contributed by atoms with Gasteiger partial charge in [-0.05, 0) is 98.6 Å². The second kappa shape index (κ2) is 17.1. The molecule has 1 atom stereocenters. The van der Waals surface area contributed by atoms with Crippen LogP contribution in [0.4, 0.5) is 21.5 Å². The van der Waals surface area contributed by atoms with Gasteiger partial charge in [0.15, 0.2) is 15.6 Å². The van der Waals surface area contributed by atoms with Gasteiger partial charge in [-0.3, -0.25) is 19.2 Å². The first kappa shape index (κ1) is 40.3. The third-order valence-corrected chi connectivity index (χ3v) is 10.9. The van der Waals surface area contributed by atoms with Gasteiger partial charge < -0.3 is 26.2 Å². The molecule has 0 aliphatic heterocycles. The van der Waals surface area contributed by atoms with Crippen molar-refractivity contribution >= 4 is 50.4 Å². The van der Waals surface area contributed by atoms with Crippen molar-refractivity contribution in [1.29, 1.82) is 5.26 Å². The Hall–Kier alpha value is -6.85. The lowest BCUT2D eigenvalue weighted by Crippen LogP contribution is -2.25. The van der Waals surface area contributed by atoms with Crippen LogP contribution in [-0.2, 0) is 20.4 Å². The van der Waals surface area contributed by atoms with Gasteiger partial charge in [0.05, 0.1) is 28.2 Å². The number of sulfone groups is 1. The molecule has 5 aromatic rings. The second-order valence-corrected chi connectivity index (χ2v) is 15.1. The topological polar surface area (TPSA) is 203 Å². The van der Waals surface area contributed by atoms with Crippen LogP contribution in [0.15, 0.2) is 102 Å². The highest BCUT2D eigenvalue weighted by atomic mass is 32.2. The zero-order valence-corrected chi connectivity index (χ0v) is 31.3. The largest absolute Gasteiger partial charge is 0.507 e. The van der Waals surface area contributed by atoms with E-state index in [1.54, 1.807) is 26.0 Å². The Morgan fingerprint density at radius 2 is 1.29 bits per heavy atom. The fourth-order valence-electron chi connectivity index (χ4n) is 5.76. The molecule has 5 rings (SSSR count). The SMILES string of the molecule is Cc1ccc(NC(=O)c2ccc(NC(=O)c3ccc(NC(=O)C(CC#N)CC(=O)c4ccc(CS(=O)(=O)c5ccc(F)cc5)cc4)cc3)c(C)c2O)c(C)c1O. The number of halogens is 1. The van der Waals surface area contributed by atoms with E-state index in [0.717, 1.165) is 12.1 Å². The van der Waals surface area contributed by atoms with Gasteiger partial charge in [-0.25, -0.2) is 12.8 Å². The smallest absolute Gasteiger partial charge is 0.259 e. The zero-order valence-electron chi connectivity index (χ0n) is 30.5. The Morgan fingerprint density at radius 3 is 1.91 bits per heavy atom. The Kier molecular flexibility index (Phi) is 12.3. The molecule has 56 heavy (non-hydrogen) atoms. The lowest BCUT2D eigenvalue weighted by molar-refractivity contribution is -0.119. The minimum absolute atomic E-state index is 0.0398. The third-order valence-electron chi connectivity index (χ3n) is 9.17. The van der Waals surface area contributed by atoms with E-state index in [0.29, 0.717) is 28.1 Å². The predicted molar refractivity (Wildman–Crippen MR) is 208 cm³/mol. The van der Waals surface area contributed by atoms with Crippen molar-refractivity contribution in [3.8, 4) is 17.6 Å². The molecule has 0 radical (unpaired) electrons. The van der Waals surface area contributed by atoms with E-state index in [9.17, 15) is 47.5 Å². The van der Waals surface area contributed by atoms with Crippen LogP contribution in [-0.4, -0.2) is 42.1 Å². The van der Waals surface area contributed by atoms with Gasteiger partial charge in [-0.1, -0.05) is 30.3 Å². The van der Waals surface area contributed by atoms with Gasteiger partial charge in [0, 0.05) is 52.2 Å². The molecule has 14 heteroatoms. The minimum atomic E-state index is -3.76. The number of benzene rings is 5. The summed E-state index contributed by atoms with van der Waals surface area (Å²) < 4.78 is 38.6. The summed E-state index contributed by atoms with van der Waals surface area (Å²) in [7, 11) is -3.76. The molecule has 0 heterocycles. The number of phenols is 2. The summed E-state index contributed by atoms with van der Waals surface area (Å²) in [4.78, 5) is 52.2. The Morgan fingerprint density at radius 1 is 0.714 bits per heavy atom. The number of nitriles is 1. The number of aromatic hydroxyl groups is 2. The van der Waals surface area contributed by atoms with E-state index in [4.69, 9.17) is 0 Å². The van der Waals surface area contributed by atoms with Gasteiger partial charge in [-0.2, -0.15) is 5.26 Å². The quantitative estimate of drug-likeness (QED) is 0.0597. The Bertz CT molecular complexity index is 2480. The second-order valence-electron chi connectivity index (χ2n) is 13.1. The maximum atomic E-state index is 13.2. The highest BCUT2D eigenvalue weighted by Crippen LogP contribution is 2.32. The van der Waals surface area contributed by atoms with Crippen LogP contribution in [0.3, 0.4) is 0 Å². The van der Waals surface area contributed by atoms with E-state index in [2.05, 4.69) is 16.0 Å². The molecule has 0 spiro atoms. The summed E-state index contributed by atoms with van der Waals surface area (Å²) in [5, 5.41) is 38.4. The number of Topliss-reactive ketones (excluding diaryl/α,β-unsaturated/α-hetero) is 1. The number of hydrogen-bond donors (Lipinski definition) is 5. The van der Waals surface area contributed by atoms with E-state index in [-0.39, 0.29) is 62.9 Å². The average molecular weight is 777 g/mol. The van der Waals surface area contributed by atoms with Crippen LogP contribution < -0.4 is 16.0 Å². The normalized spacial score (nSPS) is 11.6. The number of phenolic OH excluding ortho intramolecular Hbond substituents is 2. The molecule has 5 N–H and O–H groups in total. The number of nitrogens with one attached hydrogen (secondary N) is 3. The van der Waals surface area contributed by atoms with Gasteiger partial charge >= 0.3 is 0 Å². The molecule has 0 saturated heterocycles. The molecule has 12 nitrogen and oxygen atoms in total. The predicted octanol–water partition coefficient (Wildman–Crippen LogP) is 7.38. The Balaban J connectivity index is 1.18. The number of carbonyl (C=O) groups excluding carboxylic acids is 4. The molecule has 0 aliphatic carbocycles. The summed E-state index contributed by atoms with van der Waals surface area (Å²) in [6.45, 7) is 4.92. The molecule has 3 amide bonds. The first-order valence-electron chi connectivity index (χ1n) is 17.2. The highest BCUT2D eigenvalue weighted by molar-refractivity contribution is 7.90.